The number of esters is 1. The van der Waals surface area contributed by atoms with Crippen LogP contribution in [0.25, 0.3) is 11.0 Å². The number of anilines is 1. The van der Waals surface area contributed by atoms with Crippen LogP contribution >= 0.6 is 0 Å². The van der Waals surface area contributed by atoms with Crippen molar-refractivity contribution >= 4 is 23.0 Å². The second kappa shape index (κ2) is 13.3. The fourth-order valence-corrected chi connectivity index (χ4v) is 5.76. The van der Waals surface area contributed by atoms with Crippen molar-refractivity contribution in [2.45, 2.75) is 52.0 Å². The molecule has 3 heterocycles. The SMILES string of the molecule is COC(=O)c1ccc2nc(N3CCC(Oc4cccc(COc5ccc(C#N)cc5F)c4)CC3)n(Cc3cncn3C(C)C)c2c1. The number of piperidine rings is 1. The first kappa shape index (κ1) is 30.6. The molecule has 0 spiro atoms. The first-order valence-electron chi connectivity index (χ1n) is 15.2. The fraction of sp³-hybridized carbons (Fsp3) is 0.314. The highest BCUT2D eigenvalue weighted by Gasteiger charge is 2.26. The van der Waals surface area contributed by atoms with Crippen LogP contribution in [0.1, 0.15) is 59.9 Å². The minimum absolute atomic E-state index is 0.00881. The first-order valence-corrected chi connectivity index (χ1v) is 15.2. The number of carbonyl (C=O) groups is 1. The van der Waals surface area contributed by atoms with Crippen LogP contribution < -0.4 is 14.4 Å². The third-order valence-electron chi connectivity index (χ3n) is 8.15. The molecule has 11 heteroatoms. The molecule has 1 saturated heterocycles. The van der Waals surface area contributed by atoms with E-state index in [-0.39, 0.29) is 30.1 Å². The van der Waals surface area contributed by atoms with Crippen LogP contribution in [0.15, 0.2) is 73.2 Å². The molecule has 0 bridgehead atoms. The van der Waals surface area contributed by atoms with Gasteiger partial charge in [0.2, 0.25) is 5.95 Å². The van der Waals surface area contributed by atoms with E-state index in [0.29, 0.717) is 12.1 Å². The van der Waals surface area contributed by atoms with Gasteiger partial charge in [-0.2, -0.15) is 5.26 Å². The van der Waals surface area contributed by atoms with E-state index in [2.05, 4.69) is 32.9 Å². The lowest BCUT2D eigenvalue weighted by molar-refractivity contribution is 0.0601. The molecule has 1 aliphatic rings. The largest absolute Gasteiger partial charge is 0.490 e. The van der Waals surface area contributed by atoms with Crippen molar-refractivity contribution in [3.05, 3.63) is 101 Å². The van der Waals surface area contributed by atoms with E-state index in [1.54, 1.807) is 6.07 Å². The Morgan fingerprint density at radius 2 is 1.93 bits per heavy atom. The highest BCUT2D eigenvalue weighted by Crippen LogP contribution is 2.29. The minimum atomic E-state index is -0.568. The van der Waals surface area contributed by atoms with Crippen molar-refractivity contribution in [1.82, 2.24) is 19.1 Å². The van der Waals surface area contributed by atoms with Gasteiger partial charge in [-0.3, -0.25) is 0 Å². The molecule has 236 valence electrons. The smallest absolute Gasteiger partial charge is 0.337 e. The number of hydrogen-bond donors (Lipinski definition) is 0. The summed E-state index contributed by atoms with van der Waals surface area (Å²) in [5.41, 5.74) is 4.27. The molecule has 0 atom stereocenters. The van der Waals surface area contributed by atoms with E-state index in [1.165, 1.54) is 19.2 Å². The van der Waals surface area contributed by atoms with Gasteiger partial charge in [0.25, 0.3) is 0 Å². The van der Waals surface area contributed by atoms with Gasteiger partial charge >= 0.3 is 5.97 Å². The van der Waals surface area contributed by atoms with Crippen LogP contribution in [0, 0.1) is 17.1 Å². The predicted octanol–water partition coefficient (Wildman–Crippen LogP) is 6.29. The maximum absolute atomic E-state index is 14.2. The number of halogens is 1. The zero-order valence-electron chi connectivity index (χ0n) is 26.0. The summed E-state index contributed by atoms with van der Waals surface area (Å²) in [5, 5.41) is 8.95. The average Bonchev–Trinajstić information content (AvgIpc) is 3.69. The van der Waals surface area contributed by atoms with E-state index in [4.69, 9.17) is 24.5 Å². The maximum atomic E-state index is 14.2. The second-order valence-corrected chi connectivity index (χ2v) is 11.6. The normalized spacial score (nSPS) is 13.6. The number of nitriles is 1. The Morgan fingerprint density at radius 1 is 1.11 bits per heavy atom. The van der Waals surface area contributed by atoms with Crippen LogP contribution in [0.5, 0.6) is 11.5 Å². The Balaban J connectivity index is 1.16. The van der Waals surface area contributed by atoms with Crippen molar-refractivity contribution in [3.63, 3.8) is 0 Å². The quantitative estimate of drug-likeness (QED) is 0.167. The fourth-order valence-electron chi connectivity index (χ4n) is 5.76. The highest BCUT2D eigenvalue weighted by molar-refractivity contribution is 5.94. The maximum Gasteiger partial charge on any atom is 0.337 e. The van der Waals surface area contributed by atoms with Gasteiger partial charge in [0.05, 0.1) is 53.9 Å². The summed E-state index contributed by atoms with van der Waals surface area (Å²) in [7, 11) is 1.38. The molecule has 0 aliphatic carbocycles. The Kier molecular flexibility index (Phi) is 8.88. The average molecular weight is 623 g/mol. The van der Waals surface area contributed by atoms with E-state index < -0.39 is 11.8 Å². The lowest BCUT2D eigenvalue weighted by Crippen LogP contribution is -2.39. The van der Waals surface area contributed by atoms with Crippen LogP contribution in [0.3, 0.4) is 0 Å². The number of ether oxygens (including phenoxy) is 3. The summed E-state index contributed by atoms with van der Waals surface area (Å²) in [5.74, 6) is 0.698. The number of carbonyl (C=O) groups excluding carboxylic acids is 1. The number of hydrogen-bond acceptors (Lipinski definition) is 8. The van der Waals surface area contributed by atoms with E-state index in [9.17, 15) is 9.18 Å². The van der Waals surface area contributed by atoms with Crippen molar-refractivity contribution < 1.29 is 23.4 Å². The number of rotatable bonds is 10. The van der Waals surface area contributed by atoms with Gasteiger partial charge < -0.3 is 28.2 Å². The monoisotopic (exact) mass is 622 g/mol. The van der Waals surface area contributed by atoms with E-state index >= 15 is 0 Å². The standard InChI is InChI=1S/C35H35FN6O4/c1-23(2)42-22-38-19-27(42)20-41-32-17-26(34(43)44-3)8-9-31(32)39-35(41)40-13-11-28(12-14-40)46-29-6-4-5-25(15-29)21-45-33-10-7-24(18-37)16-30(33)36/h4-10,15-17,19,22-23,28H,11-14,20-21H2,1-3H3. The Bertz CT molecular complexity index is 1900. The first-order chi connectivity index (χ1) is 22.3. The molecule has 6 rings (SSSR count). The lowest BCUT2D eigenvalue weighted by Gasteiger charge is -2.33. The van der Waals surface area contributed by atoms with Crippen LogP contribution in [0.2, 0.25) is 0 Å². The summed E-state index contributed by atoms with van der Waals surface area (Å²) in [6.45, 7) is 6.44. The molecule has 1 fully saturated rings. The Morgan fingerprint density at radius 3 is 2.67 bits per heavy atom. The molecule has 0 unspecified atom stereocenters. The minimum Gasteiger partial charge on any atom is -0.490 e. The van der Waals surface area contributed by atoms with Crippen LogP contribution in [-0.2, 0) is 17.9 Å². The van der Waals surface area contributed by atoms with Gasteiger partial charge in [-0.15, -0.1) is 0 Å². The molecule has 0 N–H and O–H groups in total. The summed E-state index contributed by atoms with van der Waals surface area (Å²) in [6, 6.07) is 19.4. The third-order valence-corrected chi connectivity index (χ3v) is 8.15. The molecule has 5 aromatic rings. The molecule has 2 aromatic heterocycles. The molecule has 0 radical (unpaired) electrons. The van der Waals surface area contributed by atoms with E-state index in [0.717, 1.165) is 66.0 Å². The molecule has 0 saturated carbocycles. The number of benzene rings is 3. The molecular weight excluding hydrogens is 587 g/mol. The zero-order valence-corrected chi connectivity index (χ0v) is 26.0. The van der Waals surface area contributed by atoms with Crippen LogP contribution in [0.4, 0.5) is 10.3 Å². The molecule has 1 aliphatic heterocycles. The van der Waals surface area contributed by atoms with Gasteiger partial charge in [0.15, 0.2) is 11.6 Å². The van der Waals surface area contributed by atoms with E-state index in [1.807, 2.05) is 55.0 Å². The Hall–Kier alpha value is -5.37. The molecule has 10 nitrogen and oxygen atoms in total. The second-order valence-electron chi connectivity index (χ2n) is 11.6. The number of methoxy groups -OCH3 is 1. The van der Waals surface area contributed by atoms with Gasteiger partial charge in [-0.25, -0.2) is 19.2 Å². The summed E-state index contributed by atoms with van der Waals surface area (Å²) >= 11 is 0. The number of imidazole rings is 2. The van der Waals surface area contributed by atoms with Gasteiger partial charge in [0, 0.05) is 38.2 Å². The lowest BCUT2D eigenvalue weighted by atomic mass is 10.1. The van der Waals surface area contributed by atoms with Gasteiger partial charge in [-0.1, -0.05) is 12.1 Å². The Labute approximate surface area is 266 Å². The van der Waals surface area contributed by atoms with Crippen LogP contribution in [-0.4, -0.2) is 51.4 Å². The molecule has 0 amide bonds. The highest BCUT2D eigenvalue weighted by atomic mass is 19.1. The number of fused-ring (bicyclic) bond motifs is 1. The predicted molar refractivity (Wildman–Crippen MR) is 171 cm³/mol. The summed E-state index contributed by atoms with van der Waals surface area (Å²) in [6.07, 6.45) is 5.30. The van der Waals surface area contributed by atoms with Crippen molar-refractivity contribution in [2.75, 3.05) is 25.1 Å². The topological polar surface area (TPSA) is 107 Å². The summed E-state index contributed by atoms with van der Waals surface area (Å²) < 4.78 is 35.6. The van der Waals surface area contributed by atoms with Crippen molar-refractivity contribution in [1.29, 1.82) is 5.26 Å². The zero-order chi connectivity index (χ0) is 32.2. The summed E-state index contributed by atoms with van der Waals surface area (Å²) in [4.78, 5) is 24.0. The third kappa shape index (κ3) is 6.52. The number of nitrogens with zero attached hydrogens (tertiary/aromatic N) is 6. The van der Waals surface area contributed by atoms with Crippen molar-refractivity contribution in [2.24, 2.45) is 0 Å². The molecular formula is C35H35FN6O4. The van der Waals surface area contributed by atoms with Gasteiger partial charge in [0.1, 0.15) is 18.5 Å². The molecule has 3 aromatic carbocycles. The molecule has 46 heavy (non-hydrogen) atoms. The van der Waals surface area contributed by atoms with Crippen molar-refractivity contribution in [3.8, 4) is 17.6 Å². The number of aromatic nitrogens is 4. The van der Waals surface area contributed by atoms with Gasteiger partial charge in [-0.05, 0) is 67.9 Å².